The molecule has 1 N–H and O–H groups in total. The number of nitrogens with zero attached hydrogens (tertiary/aromatic N) is 2. The van der Waals surface area contributed by atoms with E-state index < -0.39 is 22.5 Å². The number of sulfonamides is 1. The molecule has 0 spiro atoms. The van der Waals surface area contributed by atoms with Crippen molar-refractivity contribution in [2.75, 3.05) is 55.8 Å². The number of carbonyl (C=O) groups is 2. The van der Waals surface area contributed by atoms with Crippen molar-refractivity contribution < 1.29 is 27.5 Å². The van der Waals surface area contributed by atoms with E-state index in [1.807, 2.05) is 0 Å². The Hall–Kier alpha value is -3.11. The van der Waals surface area contributed by atoms with E-state index in [2.05, 4.69) is 5.32 Å². The number of hydrogen-bond donors (Lipinski definition) is 1. The number of para-hydroxylation sites is 1. The standard InChI is InChI=1S/C21H25N3O6S/c1-29-17-7-5-6-16(14-17)24(31(2,27)28)15-20(25)22-19-9-4-3-8-18(19)21(26)23-10-12-30-13-11-23/h3-9,14H,10-13,15H2,1-2H3,(H,22,25). The van der Waals surface area contributed by atoms with Crippen molar-refractivity contribution in [2.24, 2.45) is 0 Å². The first kappa shape index (κ1) is 22.6. The molecule has 0 unspecified atom stereocenters. The third-order valence-electron chi connectivity index (χ3n) is 4.76. The van der Waals surface area contributed by atoms with Crippen molar-refractivity contribution >= 4 is 33.2 Å². The van der Waals surface area contributed by atoms with Gasteiger partial charge >= 0.3 is 0 Å². The van der Waals surface area contributed by atoms with Gasteiger partial charge in [0.15, 0.2) is 0 Å². The second-order valence-electron chi connectivity index (χ2n) is 6.97. The fourth-order valence-electron chi connectivity index (χ4n) is 3.20. The van der Waals surface area contributed by atoms with E-state index in [1.165, 1.54) is 13.2 Å². The lowest BCUT2D eigenvalue weighted by molar-refractivity contribution is -0.114. The summed E-state index contributed by atoms with van der Waals surface area (Å²) in [4.78, 5) is 27.3. The van der Waals surface area contributed by atoms with Crippen LogP contribution in [0.4, 0.5) is 11.4 Å². The third-order valence-corrected chi connectivity index (χ3v) is 5.90. The number of nitrogens with one attached hydrogen (secondary N) is 1. The minimum Gasteiger partial charge on any atom is -0.497 e. The largest absolute Gasteiger partial charge is 0.497 e. The van der Waals surface area contributed by atoms with Crippen LogP contribution in [0.15, 0.2) is 48.5 Å². The Balaban J connectivity index is 1.79. The van der Waals surface area contributed by atoms with Crippen LogP contribution in [-0.2, 0) is 19.6 Å². The molecule has 0 aromatic heterocycles. The van der Waals surface area contributed by atoms with Crippen molar-refractivity contribution in [2.45, 2.75) is 0 Å². The van der Waals surface area contributed by atoms with E-state index >= 15 is 0 Å². The maximum Gasteiger partial charge on any atom is 0.256 e. The van der Waals surface area contributed by atoms with Gasteiger partial charge in [0.05, 0.1) is 43.5 Å². The zero-order valence-electron chi connectivity index (χ0n) is 17.4. The van der Waals surface area contributed by atoms with Crippen molar-refractivity contribution in [1.82, 2.24) is 4.90 Å². The van der Waals surface area contributed by atoms with Gasteiger partial charge in [0.25, 0.3) is 5.91 Å². The quantitative estimate of drug-likeness (QED) is 0.691. The van der Waals surface area contributed by atoms with Crippen LogP contribution in [-0.4, -0.2) is 71.3 Å². The molecule has 1 fully saturated rings. The number of hydrogen-bond acceptors (Lipinski definition) is 6. The second-order valence-corrected chi connectivity index (χ2v) is 8.88. The lowest BCUT2D eigenvalue weighted by Crippen LogP contribution is -2.41. The fourth-order valence-corrected chi connectivity index (χ4v) is 4.05. The molecule has 1 heterocycles. The average Bonchev–Trinajstić information content (AvgIpc) is 2.77. The summed E-state index contributed by atoms with van der Waals surface area (Å²) in [6, 6.07) is 13.1. The lowest BCUT2D eigenvalue weighted by atomic mass is 10.1. The van der Waals surface area contributed by atoms with E-state index in [-0.39, 0.29) is 5.91 Å². The molecule has 166 valence electrons. The van der Waals surface area contributed by atoms with Gasteiger partial charge in [-0.15, -0.1) is 0 Å². The average molecular weight is 448 g/mol. The number of rotatable bonds is 7. The van der Waals surface area contributed by atoms with E-state index in [0.717, 1.165) is 10.6 Å². The molecule has 9 nitrogen and oxygen atoms in total. The highest BCUT2D eigenvalue weighted by Crippen LogP contribution is 2.24. The topological polar surface area (TPSA) is 105 Å². The summed E-state index contributed by atoms with van der Waals surface area (Å²) >= 11 is 0. The van der Waals surface area contributed by atoms with Crippen molar-refractivity contribution in [3.8, 4) is 5.75 Å². The SMILES string of the molecule is COc1cccc(N(CC(=O)Nc2ccccc2C(=O)N2CCOCC2)S(C)(=O)=O)c1. The third kappa shape index (κ3) is 5.74. The molecule has 2 amide bonds. The zero-order valence-corrected chi connectivity index (χ0v) is 18.2. The highest BCUT2D eigenvalue weighted by molar-refractivity contribution is 7.92. The van der Waals surface area contributed by atoms with Crippen LogP contribution in [0.3, 0.4) is 0 Å². The number of ether oxygens (including phenoxy) is 2. The Morgan fingerprint density at radius 2 is 1.84 bits per heavy atom. The second kappa shape index (κ2) is 9.80. The van der Waals surface area contributed by atoms with Crippen LogP contribution in [0.1, 0.15) is 10.4 Å². The maximum atomic E-state index is 12.9. The van der Waals surface area contributed by atoms with Gasteiger partial charge in [-0.2, -0.15) is 0 Å². The molecule has 0 atom stereocenters. The van der Waals surface area contributed by atoms with Crippen LogP contribution < -0.4 is 14.4 Å². The van der Waals surface area contributed by atoms with E-state index in [0.29, 0.717) is 49.0 Å². The molecule has 0 radical (unpaired) electrons. The Morgan fingerprint density at radius 3 is 2.52 bits per heavy atom. The van der Waals surface area contributed by atoms with Crippen LogP contribution >= 0.6 is 0 Å². The summed E-state index contributed by atoms with van der Waals surface area (Å²) in [6.07, 6.45) is 1.02. The molecule has 10 heteroatoms. The molecule has 1 aliphatic rings. The summed E-state index contributed by atoms with van der Waals surface area (Å²) in [5, 5.41) is 2.68. The van der Waals surface area contributed by atoms with Crippen LogP contribution in [0.5, 0.6) is 5.75 Å². The molecule has 1 saturated heterocycles. The fraction of sp³-hybridized carbons (Fsp3) is 0.333. The van der Waals surface area contributed by atoms with E-state index in [1.54, 1.807) is 47.4 Å². The number of carbonyl (C=O) groups excluding carboxylic acids is 2. The maximum absolute atomic E-state index is 12.9. The number of anilines is 2. The summed E-state index contributed by atoms with van der Waals surface area (Å²) in [7, 11) is -2.27. The van der Waals surface area contributed by atoms with E-state index in [9.17, 15) is 18.0 Å². The van der Waals surface area contributed by atoms with Gasteiger partial charge in [-0.05, 0) is 24.3 Å². The molecule has 2 aromatic rings. The molecule has 3 rings (SSSR count). The van der Waals surface area contributed by atoms with Gasteiger partial charge in [0, 0.05) is 19.2 Å². The first-order valence-corrected chi connectivity index (χ1v) is 11.5. The van der Waals surface area contributed by atoms with Gasteiger partial charge in [0.2, 0.25) is 15.9 Å². The van der Waals surface area contributed by atoms with Gasteiger partial charge < -0.3 is 19.7 Å². The number of methoxy groups -OCH3 is 1. The summed E-state index contributed by atoms with van der Waals surface area (Å²) in [6.45, 7) is 1.41. The minimum atomic E-state index is -3.75. The molecular formula is C21H25N3O6S. The lowest BCUT2D eigenvalue weighted by Gasteiger charge is -2.27. The van der Waals surface area contributed by atoms with Gasteiger partial charge in [-0.3, -0.25) is 13.9 Å². The number of morpholine rings is 1. The highest BCUT2D eigenvalue weighted by atomic mass is 32.2. The molecule has 0 aliphatic carbocycles. The number of amides is 2. The molecule has 1 aliphatic heterocycles. The normalized spacial score (nSPS) is 14.1. The summed E-state index contributed by atoms with van der Waals surface area (Å²) in [5.41, 5.74) is 0.961. The van der Waals surface area contributed by atoms with Gasteiger partial charge in [-0.25, -0.2) is 8.42 Å². The Bertz CT molecular complexity index is 1050. The predicted molar refractivity (Wildman–Crippen MR) is 117 cm³/mol. The van der Waals surface area contributed by atoms with Gasteiger partial charge in [0.1, 0.15) is 12.3 Å². The molecule has 0 saturated carbocycles. The Labute approximate surface area is 181 Å². The van der Waals surface area contributed by atoms with Crippen molar-refractivity contribution in [3.05, 3.63) is 54.1 Å². The zero-order chi connectivity index (χ0) is 22.4. The van der Waals surface area contributed by atoms with Crippen LogP contribution in [0.25, 0.3) is 0 Å². The van der Waals surface area contributed by atoms with Crippen molar-refractivity contribution in [1.29, 1.82) is 0 Å². The van der Waals surface area contributed by atoms with Gasteiger partial charge in [-0.1, -0.05) is 18.2 Å². The van der Waals surface area contributed by atoms with E-state index in [4.69, 9.17) is 9.47 Å². The molecule has 2 aromatic carbocycles. The van der Waals surface area contributed by atoms with Crippen LogP contribution in [0.2, 0.25) is 0 Å². The monoisotopic (exact) mass is 447 g/mol. The number of benzene rings is 2. The first-order valence-electron chi connectivity index (χ1n) is 9.67. The Kier molecular flexibility index (Phi) is 7.13. The first-order chi connectivity index (χ1) is 14.8. The smallest absolute Gasteiger partial charge is 0.256 e. The highest BCUT2D eigenvalue weighted by Gasteiger charge is 2.24. The Morgan fingerprint density at radius 1 is 1.13 bits per heavy atom. The summed E-state index contributed by atoms with van der Waals surface area (Å²) < 4.78 is 36.1. The molecular weight excluding hydrogens is 422 g/mol. The minimum absolute atomic E-state index is 0.216. The molecule has 31 heavy (non-hydrogen) atoms. The summed E-state index contributed by atoms with van der Waals surface area (Å²) in [5.74, 6) is -0.324. The van der Waals surface area contributed by atoms with Crippen LogP contribution in [0, 0.1) is 0 Å². The predicted octanol–water partition coefficient (Wildman–Crippen LogP) is 1.57. The molecule has 0 bridgehead atoms. The van der Waals surface area contributed by atoms with Crippen molar-refractivity contribution in [3.63, 3.8) is 0 Å².